The second kappa shape index (κ2) is 5.68. The van der Waals surface area contributed by atoms with Gasteiger partial charge in [0.15, 0.2) is 0 Å². The zero-order chi connectivity index (χ0) is 16.7. The Morgan fingerprint density at radius 1 is 1.46 bits per heavy atom. The van der Waals surface area contributed by atoms with Crippen molar-refractivity contribution in [1.82, 2.24) is 25.5 Å². The van der Waals surface area contributed by atoms with Crippen LogP contribution in [0, 0.1) is 11.3 Å². The number of rotatable bonds is 3. The van der Waals surface area contributed by atoms with Crippen molar-refractivity contribution in [2.75, 3.05) is 33.2 Å². The van der Waals surface area contributed by atoms with E-state index in [9.17, 15) is 9.59 Å². The molecule has 2 aromatic rings. The van der Waals surface area contributed by atoms with E-state index in [0.717, 1.165) is 19.6 Å². The molecule has 0 unspecified atom stereocenters. The predicted octanol–water partition coefficient (Wildman–Crippen LogP) is -0.309. The van der Waals surface area contributed by atoms with Crippen LogP contribution in [0.3, 0.4) is 0 Å². The van der Waals surface area contributed by atoms with Crippen molar-refractivity contribution in [3.05, 3.63) is 40.4 Å². The maximum atomic E-state index is 12.8. The molecule has 2 saturated heterocycles. The maximum Gasteiger partial charge on any atom is 0.258 e. The number of nitrogens with zero attached hydrogens (tertiary/aromatic N) is 2. The summed E-state index contributed by atoms with van der Waals surface area (Å²) < 4.78 is 0. The topological polar surface area (TPSA) is 90.1 Å². The molecular formula is C17H21N5O2. The fraction of sp³-hybridized carbons (Fsp3) is 0.471. The molecule has 0 aliphatic carbocycles. The van der Waals surface area contributed by atoms with Crippen molar-refractivity contribution in [3.63, 3.8) is 0 Å². The summed E-state index contributed by atoms with van der Waals surface area (Å²) in [4.78, 5) is 34.3. The molecule has 1 aromatic heterocycles. The molecule has 1 aromatic carbocycles. The lowest BCUT2D eigenvalue weighted by atomic mass is 9.80. The third-order valence-corrected chi connectivity index (χ3v) is 5.23. The Labute approximate surface area is 139 Å². The van der Waals surface area contributed by atoms with E-state index in [1.807, 2.05) is 12.1 Å². The molecular weight excluding hydrogens is 306 g/mol. The number of likely N-dealkylation sites (tertiary alicyclic amines) is 1. The number of benzene rings is 1. The lowest BCUT2D eigenvalue weighted by Gasteiger charge is -2.26. The van der Waals surface area contributed by atoms with E-state index in [2.05, 4.69) is 32.5 Å². The second-order valence-electron chi connectivity index (χ2n) is 6.89. The molecule has 24 heavy (non-hydrogen) atoms. The molecule has 7 nitrogen and oxygen atoms in total. The van der Waals surface area contributed by atoms with Crippen LogP contribution in [0.1, 0.15) is 5.82 Å². The Bertz CT molecular complexity index is 848. The third kappa shape index (κ3) is 2.40. The van der Waals surface area contributed by atoms with E-state index in [0.29, 0.717) is 29.2 Å². The molecule has 2 aliphatic heterocycles. The lowest BCUT2D eigenvalue weighted by molar-refractivity contribution is -0.130. The van der Waals surface area contributed by atoms with Gasteiger partial charge < -0.3 is 20.5 Å². The van der Waals surface area contributed by atoms with Crippen LogP contribution in [0.4, 0.5) is 0 Å². The number of hydrogen-bond donors (Lipinski definition) is 3. The molecule has 0 bridgehead atoms. The number of carbonyl (C=O) groups is 1. The molecule has 2 atom stereocenters. The molecule has 1 amide bonds. The molecule has 7 heteroatoms. The molecule has 2 aliphatic rings. The van der Waals surface area contributed by atoms with Gasteiger partial charge in [0.1, 0.15) is 5.82 Å². The van der Waals surface area contributed by atoms with Crippen molar-refractivity contribution in [1.29, 1.82) is 0 Å². The molecule has 0 radical (unpaired) electrons. The number of nitrogens with one attached hydrogen (secondary N) is 3. The number of para-hydroxylation sites is 1. The van der Waals surface area contributed by atoms with E-state index in [1.165, 1.54) is 0 Å². The van der Waals surface area contributed by atoms with E-state index < -0.39 is 0 Å². The molecule has 2 fully saturated rings. The third-order valence-electron chi connectivity index (χ3n) is 5.23. The highest BCUT2D eigenvalue weighted by Gasteiger charge is 2.53. The van der Waals surface area contributed by atoms with Gasteiger partial charge in [0.25, 0.3) is 5.56 Å². The first kappa shape index (κ1) is 15.3. The van der Waals surface area contributed by atoms with Crippen molar-refractivity contribution in [2.45, 2.75) is 6.54 Å². The summed E-state index contributed by atoms with van der Waals surface area (Å²) in [6, 6.07) is 7.20. The summed E-state index contributed by atoms with van der Waals surface area (Å²) in [5, 5.41) is 6.87. The number of H-pyrrole nitrogens is 1. The van der Waals surface area contributed by atoms with Gasteiger partial charge in [-0.1, -0.05) is 12.1 Å². The van der Waals surface area contributed by atoms with E-state index in [-0.39, 0.29) is 23.4 Å². The van der Waals surface area contributed by atoms with Gasteiger partial charge in [0.2, 0.25) is 5.91 Å². The quantitative estimate of drug-likeness (QED) is 0.719. The molecule has 0 spiro atoms. The predicted molar refractivity (Wildman–Crippen MR) is 90.5 cm³/mol. The number of amides is 1. The Kier molecular flexibility index (Phi) is 3.62. The Balaban J connectivity index is 1.53. The van der Waals surface area contributed by atoms with Crippen LogP contribution < -0.4 is 16.2 Å². The standard InChI is InChI=1S/C17H21N5O2/c1-22-8-11-6-18-9-17(11,10-22)16(24)19-7-14-20-13-5-3-2-4-12(13)15(23)21-14/h2-5,11,18H,6-10H2,1H3,(H,19,24)(H,20,21,23)/t11-,17-/m0/s1. The first-order valence-corrected chi connectivity index (χ1v) is 8.24. The highest BCUT2D eigenvalue weighted by Crippen LogP contribution is 2.38. The summed E-state index contributed by atoms with van der Waals surface area (Å²) in [6.07, 6.45) is 0. The van der Waals surface area contributed by atoms with Gasteiger partial charge in [-0.05, 0) is 19.2 Å². The monoisotopic (exact) mass is 327 g/mol. The van der Waals surface area contributed by atoms with Gasteiger partial charge in [0.05, 0.1) is 22.9 Å². The molecule has 4 rings (SSSR count). The Hall–Kier alpha value is -2.25. The number of aromatic amines is 1. The lowest BCUT2D eigenvalue weighted by Crippen LogP contribution is -2.47. The van der Waals surface area contributed by atoms with Gasteiger partial charge in [-0.2, -0.15) is 0 Å². The van der Waals surface area contributed by atoms with Crippen LogP contribution in [-0.2, 0) is 11.3 Å². The van der Waals surface area contributed by atoms with Gasteiger partial charge in [-0.15, -0.1) is 0 Å². The van der Waals surface area contributed by atoms with Crippen molar-refractivity contribution in [3.8, 4) is 0 Å². The minimum Gasteiger partial charge on any atom is -0.348 e. The van der Waals surface area contributed by atoms with Crippen LogP contribution in [0.5, 0.6) is 0 Å². The molecule has 3 N–H and O–H groups in total. The van der Waals surface area contributed by atoms with Crippen molar-refractivity contribution in [2.24, 2.45) is 11.3 Å². The van der Waals surface area contributed by atoms with Crippen LogP contribution in [0.25, 0.3) is 10.9 Å². The minimum absolute atomic E-state index is 0.0395. The van der Waals surface area contributed by atoms with Crippen LogP contribution in [0.15, 0.2) is 29.1 Å². The minimum atomic E-state index is -0.369. The molecule has 126 valence electrons. The van der Waals surface area contributed by atoms with Gasteiger partial charge >= 0.3 is 0 Å². The van der Waals surface area contributed by atoms with Crippen LogP contribution >= 0.6 is 0 Å². The number of aromatic nitrogens is 2. The zero-order valence-electron chi connectivity index (χ0n) is 13.6. The van der Waals surface area contributed by atoms with E-state index in [1.54, 1.807) is 12.1 Å². The zero-order valence-corrected chi connectivity index (χ0v) is 13.6. The Morgan fingerprint density at radius 2 is 2.29 bits per heavy atom. The normalized spacial score (nSPS) is 26.6. The first-order valence-electron chi connectivity index (χ1n) is 8.24. The fourth-order valence-electron chi connectivity index (χ4n) is 4.05. The van der Waals surface area contributed by atoms with E-state index >= 15 is 0 Å². The second-order valence-corrected chi connectivity index (χ2v) is 6.89. The summed E-state index contributed by atoms with van der Waals surface area (Å²) in [7, 11) is 2.05. The largest absolute Gasteiger partial charge is 0.348 e. The summed E-state index contributed by atoms with van der Waals surface area (Å²) >= 11 is 0. The van der Waals surface area contributed by atoms with Crippen LogP contribution in [-0.4, -0.2) is 54.0 Å². The summed E-state index contributed by atoms with van der Waals surface area (Å²) in [6.45, 7) is 3.51. The number of hydrogen-bond acceptors (Lipinski definition) is 5. The average Bonchev–Trinajstić information content (AvgIpc) is 3.09. The van der Waals surface area contributed by atoms with E-state index in [4.69, 9.17) is 0 Å². The highest BCUT2D eigenvalue weighted by molar-refractivity contribution is 5.84. The number of fused-ring (bicyclic) bond motifs is 2. The SMILES string of the molecule is CN1C[C@@H]2CNC[C@]2(C(=O)NCc2nc3ccccc3c(=O)[nH]2)C1. The first-order chi connectivity index (χ1) is 11.6. The Morgan fingerprint density at radius 3 is 3.17 bits per heavy atom. The molecule has 0 saturated carbocycles. The summed E-state index contributed by atoms with van der Waals surface area (Å²) in [5.74, 6) is 0.862. The van der Waals surface area contributed by atoms with Gasteiger partial charge in [0, 0.05) is 32.1 Å². The molecule has 3 heterocycles. The van der Waals surface area contributed by atoms with Gasteiger partial charge in [-0.3, -0.25) is 9.59 Å². The fourth-order valence-corrected chi connectivity index (χ4v) is 4.05. The highest BCUT2D eigenvalue weighted by atomic mass is 16.2. The summed E-state index contributed by atoms with van der Waals surface area (Å²) in [5.41, 5.74) is 0.0972. The maximum absolute atomic E-state index is 12.8. The van der Waals surface area contributed by atoms with Gasteiger partial charge in [-0.25, -0.2) is 4.98 Å². The smallest absolute Gasteiger partial charge is 0.258 e. The number of carbonyl (C=O) groups excluding carboxylic acids is 1. The van der Waals surface area contributed by atoms with Crippen LogP contribution in [0.2, 0.25) is 0 Å². The van der Waals surface area contributed by atoms with Crippen molar-refractivity contribution >= 4 is 16.8 Å². The average molecular weight is 327 g/mol. The van der Waals surface area contributed by atoms with Crippen molar-refractivity contribution < 1.29 is 4.79 Å².